The molecule has 5 aliphatic rings. The van der Waals surface area contributed by atoms with Crippen molar-refractivity contribution in [3.63, 3.8) is 0 Å². The lowest BCUT2D eigenvalue weighted by molar-refractivity contribution is -0.172. The van der Waals surface area contributed by atoms with E-state index in [0.29, 0.717) is 24.2 Å². The van der Waals surface area contributed by atoms with Crippen LogP contribution in [-0.2, 0) is 17.8 Å². The van der Waals surface area contributed by atoms with Crippen LogP contribution in [0.4, 0.5) is 0 Å². The van der Waals surface area contributed by atoms with Crippen molar-refractivity contribution in [2.75, 3.05) is 6.54 Å². The second-order valence-corrected chi connectivity index (χ2v) is 10.1. The van der Waals surface area contributed by atoms with Gasteiger partial charge in [-0.25, -0.2) is 0 Å². The van der Waals surface area contributed by atoms with Gasteiger partial charge in [0.05, 0.1) is 5.60 Å². The van der Waals surface area contributed by atoms with Crippen molar-refractivity contribution in [2.24, 2.45) is 17.3 Å². The van der Waals surface area contributed by atoms with Crippen LogP contribution in [0.1, 0.15) is 56.2 Å². The van der Waals surface area contributed by atoms with Gasteiger partial charge in [0, 0.05) is 48.1 Å². The van der Waals surface area contributed by atoms with Gasteiger partial charge in [-0.15, -0.1) is 0 Å². The number of nitrogens with zero attached hydrogens (tertiary/aromatic N) is 1. The van der Waals surface area contributed by atoms with E-state index in [-0.39, 0.29) is 5.41 Å². The minimum absolute atomic E-state index is 0.0659. The summed E-state index contributed by atoms with van der Waals surface area (Å²) in [6.07, 6.45) is 7.95. The lowest BCUT2D eigenvalue weighted by atomic mass is 9.47. The first kappa shape index (κ1) is 16.2. The maximum atomic E-state index is 13.3. The number of rotatable bonds is 2. The number of H-pyrrole nitrogens is 1. The summed E-state index contributed by atoms with van der Waals surface area (Å²) >= 11 is 0. The maximum Gasteiger partial charge on any atom is 0.223 e. The molecule has 142 valence electrons. The Morgan fingerprint density at radius 3 is 2.74 bits per heavy atom. The van der Waals surface area contributed by atoms with Gasteiger partial charge in [0.25, 0.3) is 0 Å². The second-order valence-electron chi connectivity index (χ2n) is 10.1. The van der Waals surface area contributed by atoms with Gasteiger partial charge in [0.15, 0.2) is 0 Å². The van der Waals surface area contributed by atoms with Gasteiger partial charge in [-0.3, -0.25) is 4.79 Å². The number of benzene rings is 1. The first-order chi connectivity index (χ1) is 13.0. The number of amides is 1. The second kappa shape index (κ2) is 5.38. The van der Waals surface area contributed by atoms with Gasteiger partial charge >= 0.3 is 0 Å². The Hall–Kier alpha value is -1.81. The molecule has 4 bridgehead atoms. The van der Waals surface area contributed by atoms with Gasteiger partial charge < -0.3 is 15.0 Å². The van der Waals surface area contributed by atoms with Crippen LogP contribution in [0.15, 0.2) is 24.3 Å². The van der Waals surface area contributed by atoms with Gasteiger partial charge in [-0.1, -0.05) is 18.2 Å². The minimum atomic E-state index is -0.476. The Bertz CT molecular complexity index is 916. The predicted octanol–water partition coefficient (Wildman–Crippen LogP) is 3.77. The normalized spacial score (nSPS) is 37.0. The van der Waals surface area contributed by atoms with E-state index >= 15 is 0 Å². The number of hydrogen-bond donors (Lipinski definition) is 2. The first-order valence-electron chi connectivity index (χ1n) is 10.6. The van der Waals surface area contributed by atoms with Gasteiger partial charge in [0.1, 0.15) is 0 Å². The van der Waals surface area contributed by atoms with Crippen molar-refractivity contribution in [2.45, 2.75) is 63.5 Å². The Balaban J connectivity index is 1.24. The molecule has 4 fully saturated rings. The van der Waals surface area contributed by atoms with E-state index in [4.69, 9.17) is 0 Å². The molecule has 1 aliphatic heterocycles. The van der Waals surface area contributed by atoms with Crippen molar-refractivity contribution in [1.29, 1.82) is 0 Å². The highest BCUT2D eigenvalue weighted by atomic mass is 16.3. The molecule has 4 aliphatic carbocycles. The van der Waals surface area contributed by atoms with Gasteiger partial charge in [0.2, 0.25) is 5.91 Å². The number of fused-ring (bicyclic) bond motifs is 3. The highest BCUT2D eigenvalue weighted by molar-refractivity contribution is 5.86. The van der Waals surface area contributed by atoms with E-state index in [1.54, 1.807) is 0 Å². The largest absolute Gasteiger partial charge is 0.390 e. The highest BCUT2D eigenvalue weighted by Gasteiger charge is 2.57. The summed E-state index contributed by atoms with van der Waals surface area (Å²) in [4.78, 5) is 18.9. The Morgan fingerprint density at radius 1 is 1.19 bits per heavy atom. The SMILES string of the molecule is O=C(CC12CC3CC(CC(O)(C3)C1)C2)N1CCc2[nH]c3ccccc3c2C1. The Kier molecular flexibility index (Phi) is 3.22. The van der Waals surface area contributed by atoms with Crippen molar-refractivity contribution >= 4 is 16.8 Å². The number of nitrogens with one attached hydrogen (secondary N) is 1. The molecular weight excluding hydrogens is 336 g/mol. The van der Waals surface area contributed by atoms with Crippen LogP contribution in [0.3, 0.4) is 0 Å². The molecule has 4 saturated carbocycles. The summed E-state index contributed by atoms with van der Waals surface area (Å²) in [5, 5.41) is 12.2. The molecule has 2 atom stereocenters. The lowest BCUT2D eigenvalue weighted by Crippen LogP contribution is -2.56. The third-order valence-electron chi connectivity index (χ3n) is 7.91. The van der Waals surface area contributed by atoms with Crippen molar-refractivity contribution in [1.82, 2.24) is 9.88 Å². The molecule has 7 rings (SSSR count). The monoisotopic (exact) mass is 364 g/mol. The number of aromatic amines is 1. The molecule has 2 unspecified atom stereocenters. The Labute approximate surface area is 159 Å². The van der Waals surface area contributed by atoms with Crippen molar-refractivity contribution in [3.8, 4) is 0 Å². The van der Waals surface area contributed by atoms with Crippen LogP contribution in [0.2, 0.25) is 0 Å². The zero-order valence-electron chi connectivity index (χ0n) is 15.8. The summed E-state index contributed by atoms with van der Waals surface area (Å²) in [7, 11) is 0. The number of carbonyl (C=O) groups excluding carboxylic acids is 1. The van der Waals surface area contributed by atoms with E-state index in [0.717, 1.165) is 51.6 Å². The fourth-order valence-electron chi connectivity index (χ4n) is 7.42. The summed E-state index contributed by atoms with van der Waals surface area (Å²) in [6.45, 7) is 1.54. The molecular formula is C23H28N2O2. The summed E-state index contributed by atoms with van der Waals surface area (Å²) in [6, 6.07) is 8.42. The molecule has 0 saturated heterocycles. The fraction of sp³-hybridized carbons (Fsp3) is 0.609. The number of aromatic nitrogens is 1. The van der Waals surface area contributed by atoms with Crippen molar-refractivity contribution in [3.05, 3.63) is 35.5 Å². The van der Waals surface area contributed by atoms with E-state index < -0.39 is 5.60 Å². The zero-order chi connectivity index (χ0) is 18.2. The first-order valence-corrected chi connectivity index (χ1v) is 10.6. The molecule has 4 heteroatoms. The molecule has 27 heavy (non-hydrogen) atoms. The summed E-state index contributed by atoms with van der Waals surface area (Å²) < 4.78 is 0. The molecule has 2 heterocycles. The van der Waals surface area contributed by atoms with Gasteiger partial charge in [-0.05, 0) is 61.8 Å². The molecule has 1 aromatic carbocycles. The lowest BCUT2D eigenvalue weighted by Gasteiger charge is -2.60. The quantitative estimate of drug-likeness (QED) is 0.852. The minimum Gasteiger partial charge on any atom is -0.390 e. The average molecular weight is 364 g/mol. The number of para-hydroxylation sites is 1. The van der Waals surface area contributed by atoms with E-state index in [1.807, 2.05) is 0 Å². The molecule has 0 spiro atoms. The number of aliphatic hydroxyl groups is 1. The van der Waals surface area contributed by atoms with Crippen LogP contribution in [0.25, 0.3) is 10.9 Å². The summed E-state index contributed by atoms with van der Waals surface area (Å²) in [5.74, 6) is 1.59. The topological polar surface area (TPSA) is 56.3 Å². The highest BCUT2D eigenvalue weighted by Crippen LogP contribution is 2.63. The Morgan fingerprint density at radius 2 is 1.96 bits per heavy atom. The van der Waals surface area contributed by atoms with E-state index in [1.165, 1.54) is 28.6 Å². The average Bonchev–Trinajstić information content (AvgIpc) is 2.97. The van der Waals surface area contributed by atoms with E-state index in [2.05, 4.69) is 34.1 Å². The summed E-state index contributed by atoms with van der Waals surface area (Å²) in [5.41, 5.74) is 3.37. The molecule has 1 amide bonds. The molecule has 0 radical (unpaired) electrons. The molecule has 2 N–H and O–H groups in total. The molecule has 4 nitrogen and oxygen atoms in total. The predicted molar refractivity (Wildman–Crippen MR) is 104 cm³/mol. The third kappa shape index (κ3) is 2.49. The number of hydrogen-bond acceptors (Lipinski definition) is 2. The zero-order valence-corrected chi connectivity index (χ0v) is 15.8. The van der Waals surface area contributed by atoms with Crippen LogP contribution in [-0.4, -0.2) is 33.0 Å². The van der Waals surface area contributed by atoms with Crippen molar-refractivity contribution < 1.29 is 9.90 Å². The maximum absolute atomic E-state index is 13.3. The fourth-order valence-corrected chi connectivity index (χ4v) is 7.42. The van der Waals surface area contributed by atoms with Crippen LogP contribution >= 0.6 is 0 Å². The van der Waals surface area contributed by atoms with Crippen LogP contribution in [0, 0.1) is 17.3 Å². The van der Waals surface area contributed by atoms with Crippen LogP contribution < -0.4 is 0 Å². The standard InChI is InChI=1S/C23H28N2O2/c26-21(12-22-8-15-7-16(9-22)11-23(27,10-15)14-22)25-6-5-20-18(13-25)17-3-1-2-4-19(17)24-20/h1-4,15-16,24,27H,5-14H2. The van der Waals surface area contributed by atoms with Crippen LogP contribution in [0.5, 0.6) is 0 Å². The van der Waals surface area contributed by atoms with Gasteiger partial charge in [-0.2, -0.15) is 0 Å². The third-order valence-corrected chi connectivity index (χ3v) is 7.91. The smallest absolute Gasteiger partial charge is 0.223 e. The molecule has 1 aromatic heterocycles. The number of carbonyl (C=O) groups is 1. The van der Waals surface area contributed by atoms with E-state index in [9.17, 15) is 9.90 Å². The molecule has 2 aromatic rings.